The van der Waals surface area contributed by atoms with Gasteiger partial charge in [-0.25, -0.2) is 0 Å². The zero-order valence-electron chi connectivity index (χ0n) is 15.3. The Bertz CT molecular complexity index is 728. The van der Waals surface area contributed by atoms with Crippen LogP contribution >= 0.6 is 0 Å². The first kappa shape index (κ1) is 20.2. The van der Waals surface area contributed by atoms with Gasteiger partial charge < -0.3 is 19.8 Å². The Morgan fingerprint density at radius 3 is 2.56 bits per heavy atom. The van der Waals surface area contributed by atoms with Crippen LogP contribution in [0.3, 0.4) is 0 Å². The highest BCUT2D eigenvalue weighted by Gasteiger charge is 2.15. The van der Waals surface area contributed by atoms with E-state index in [9.17, 15) is 14.4 Å². The van der Waals surface area contributed by atoms with E-state index in [4.69, 9.17) is 9.15 Å². The number of hydrogen-bond donors (Lipinski definition) is 2. The number of esters is 1. The predicted octanol–water partition coefficient (Wildman–Crippen LogP) is 2.60. The Morgan fingerprint density at radius 2 is 1.89 bits per heavy atom. The van der Waals surface area contributed by atoms with Gasteiger partial charge in [-0.2, -0.15) is 0 Å². The number of hydrogen-bond acceptors (Lipinski definition) is 5. The zero-order chi connectivity index (χ0) is 19.5. The van der Waals surface area contributed by atoms with Crippen LogP contribution in [0.4, 0.5) is 0 Å². The first-order valence-corrected chi connectivity index (χ1v) is 8.91. The fourth-order valence-electron chi connectivity index (χ4n) is 2.52. The number of ether oxygens (including phenoxy) is 1. The minimum Gasteiger partial charge on any atom is -0.459 e. The second-order valence-electron chi connectivity index (χ2n) is 5.96. The highest BCUT2D eigenvalue weighted by Crippen LogP contribution is 2.17. The van der Waals surface area contributed by atoms with Crippen molar-refractivity contribution in [1.29, 1.82) is 0 Å². The summed E-state index contributed by atoms with van der Waals surface area (Å²) in [4.78, 5) is 35.4. The molecule has 1 aromatic carbocycles. The number of amides is 2. The van der Waals surface area contributed by atoms with Crippen LogP contribution < -0.4 is 10.6 Å². The predicted molar refractivity (Wildman–Crippen MR) is 98.9 cm³/mol. The van der Waals surface area contributed by atoms with Crippen LogP contribution in [0.25, 0.3) is 0 Å². The van der Waals surface area contributed by atoms with Gasteiger partial charge in [0.25, 0.3) is 11.8 Å². The van der Waals surface area contributed by atoms with Crippen molar-refractivity contribution in [3.05, 3.63) is 60.1 Å². The first-order valence-electron chi connectivity index (χ1n) is 8.91. The van der Waals surface area contributed by atoms with Crippen LogP contribution in [0.5, 0.6) is 0 Å². The van der Waals surface area contributed by atoms with Crippen molar-refractivity contribution < 1.29 is 23.5 Å². The maximum atomic E-state index is 12.1. The summed E-state index contributed by atoms with van der Waals surface area (Å²) in [6.45, 7) is 1.79. The van der Waals surface area contributed by atoms with Gasteiger partial charge in [0.1, 0.15) is 0 Å². The van der Waals surface area contributed by atoms with Crippen molar-refractivity contribution >= 4 is 17.8 Å². The lowest BCUT2D eigenvalue weighted by molar-refractivity contribution is -0.148. The van der Waals surface area contributed by atoms with Gasteiger partial charge in [-0.1, -0.05) is 43.7 Å². The van der Waals surface area contributed by atoms with Gasteiger partial charge in [0.2, 0.25) is 0 Å². The summed E-state index contributed by atoms with van der Waals surface area (Å²) < 4.78 is 9.91. The van der Waals surface area contributed by atoms with Crippen LogP contribution in [-0.4, -0.2) is 30.9 Å². The Morgan fingerprint density at radius 1 is 1.11 bits per heavy atom. The number of benzene rings is 1. The van der Waals surface area contributed by atoms with Crippen LogP contribution in [0, 0.1) is 0 Å². The highest BCUT2D eigenvalue weighted by atomic mass is 16.5. The molecule has 0 aliphatic rings. The third-order valence-electron chi connectivity index (χ3n) is 3.84. The third kappa shape index (κ3) is 6.97. The topological polar surface area (TPSA) is 97.6 Å². The van der Waals surface area contributed by atoms with Crippen molar-refractivity contribution in [2.75, 3.05) is 13.2 Å². The quantitative estimate of drug-likeness (QED) is 0.625. The molecule has 2 rings (SSSR count). The van der Waals surface area contributed by atoms with Crippen LogP contribution in [0.15, 0.2) is 53.1 Å². The van der Waals surface area contributed by atoms with E-state index in [1.54, 1.807) is 6.07 Å². The molecule has 1 atom stereocenters. The standard InChI is InChI=1S/C20H24N2O5/c1-2-7-16(15-8-4-3-5-9-15)22-18(23)14-27-19(24)11-12-21-20(25)17-10-6-13-26-17/h3-6,8-10,13,16H,2,7,11-12,14H2,1H3,(H,21,25)(H,22,23)/t16-/m1/s1. The summed E-state index contributed by atoms with van der Waals surface area (Å²) in [6.07, 6.45) is 3.07. The van der Waals surface area contributed by atoms with Crippen molar-refractivity contribution in [2.45, 2.75) is 32.2 Å². The van der Waals surface area contributed by atoms with E-state index in [1.807, 2.05) is 37.3 Å². The number of carbonyl (C=O) groups is 3. The molecule has 0 spiro atoms. The van der Waals surface area contributed by atoms with E-state index < -0.39 is 11.9 Å². The van der Waals surface area contributed by atoms with Gasteiger partial charge in [0.05, 0.1) is 18.7 Å². The SMILES string of the molecule is CCC[C@@H](NC(=O)COC(=O)CCNC(=O)c1ccco1)c1ccccc1. The molecule has 1 heterocycles. The van der Waals surface area contributed by atoms with Gasteiger partial charge in [0.15, 0.2) is 12.4 Å². The number of furan rings is 1. The molecule has 0 fully saturated rings. The average molecular weight is 372 g/mol. The Balaban J connectivity index is 1.69. The second-order valence-corrected chi connectivity index (χ2v) is 5.96. The summed E-state index contributed by atoms with van der Waals surface area (Å²) in [5, 5.41) is 5.42. The smallest absolute Gasteiger partial charge is 0.308 e. The molecule has 2 N–H and O–H groups in total. The number of nitrogens with one attached hydrogen (secondary N) is 2. The van der Waals surface area contributed by atoms with Crippen LogP contribution in [0.2, 0.25) is 0 Å². The molecule has 144 valence electrons. The van der Waals surface area contributed by atoms with Crippen molar-refractivity contribution in [3.8, 4) is 0 Å². The molecule has 7 nitrogen and oxygen atoms in total. The van der Waals surface area contributed by atoms with E-state index in [0.717, 1.165) is 18.4 Å². The minimum absolute atomic E-state index is 0.0309. The molecule has 0 bridgehead atoms. The minimum atomic E-state index is -0.559. The Kier molecular flexibility index (Phi) is 8.09. The zero-order valence-corrected chi connectivity index (χ0v) is 15.3. The Labute approximate surface area is 158 Å². The molecule has 2 amide bonds. The lowest BCUT2D eigenvalue weighted by Crippen LogP contribution is -2.33. The van der Waals surface area contributed by atoms with Crippen molar-refractivity contribution in [2.24, 2.45) is 0 Å². The molecule has 0 aliphatic carbocycles. The molecule has 0 radical (unpaired) electrons. The van der Waals surface area contributed by atoms with E-state index in [1.165, 1.54) is 12.3 Å². The molecule has 2 aromatic rings. The number of rotatable bonds is 10. The van der Waals surface area contributed by atoms with Gasteiger partial charge in [-0.15, -0.1) is 0 Å². The normalized spacial score (nSPS) is 11.4. The lowest BCUT2D eigenvalue weighted by Gasteiger charge is -2.18. The van der Waals surface area contributed by atoms with Crippen molar-refractivity contribution in [1.82, 2.24) is 10.6 Å². The third-order valence-corrected chi connectivity index (χ3v) is 3.84. The highest BCUT2D eigenvalue weighted by molar-refractivity contribution is 5.91. The second kappa shape index (κ2) is 10.8. The van der Waals surface area contributed by atoms with E-state index >= 15 is 0 Å². The lowest BCUT2D eigenvalue weighted by atomic mass is 10.0. The van der Waals surface area contributed by atoms with Gasteiger partial charge in [-0.3, -0.25) is 14.4 Å². The first-order chi connectivity index (χ1) is 13.1. The van der Waals surface area contributed by atoms with Crippen LogP contribution in [-0.2, 0) is 14.3 Å². The summed E-state index contributed by atoms with van der Waals surface area (Å²) in [6, 6.07) is 12.7. The summed E-state index contributed by atoms with van der Waals surface area (Å²) >= 11 is 0. The van der Waals surface area contributed by atoms with Crippen LogP contribution in [0.1, 0.15) is 48.3 Å². The molecular formula is C20H24N2O5. The maximum Gasteiger partial charge on any atom is 0.308 e. The Hall–Kier alpha value is -3.09. The summed E-state index contributed by atoms with van der Waals surface area (Å²) in [5.74, 6) is -1.15. The van der Waals surface area contributed by atoms with E-state index in [0.29, 0.717) is 0 Å². The van der Waals surface area contributed by atoms with E-state index in [2.05, 4.69) is 10.6 Å². The molecule has 0 saturated heterocycles. The molecule has 0 saturated carbocycles. The fraction of sp³-hybridized carbons (Fsp3) is 0.350. The monoisotopic (exact) mass is 372 g/mol. The molecule has 27 heavy (non-hydrogen) atoms. The maximum absolute atomic E-state index is 12.1. The van der Waals surface area contributed by atoms with Gasteiger partial charge in [0, 0.05) is 6.54 Å². The molecule has 0 aliphatic heterocycles. The van der Waals surface area contributed by atoms with Gasteiger partial charge in [-0.05, 0) is 24.1 Å². The van der Waals surface area contributed by atoms with E-state index in [-0.39, 0.29) is 37.3 Å². The number of carbonyl (C=O) groups excluding carboxylic acids is 3. The van der Waals surface area contributed by atoms with Crippen molar-refractivity contribution in [3.63, 3.8) is 0 Å². The summed E-state index contributed by atoms with van der Waals surface area (Å²) in [7, 11) is 0. The molecular weight excluding hydrogens is 348 g/mol. The molecule has 7 heteroatoms. The molecule has 0 unspecified atom stereocenters. The summed E-state index contributed by atoms with van der Waals surface area (Å²) in [5.41, 5.74) is 1.01. The average Bonchev–Trinajstić information content (AvgIpc) is 3.21. The largest absolute Gasteiger partial charge is 0.459 e. The van der Waals surface area contributed by atoms with Gasteiger partial charge >= 0.3 is 5.97 Å². The molecule has 1 aromatic heterocycles. The fourth-order valence-corrected chi connectivity index (χ4v) is 2.52.